The van der Waals surface area contributed by atoms with Crippen LogP contribution in [0.5, 0.6) is 0 Å². The maximum Gasteiger partial charge on any atom is 0.244 e. The van der Waals surface area contributed by atoms with E-state index in [9.17, 15) is 9.59 Å². The number of hydrogen-bond donors (Lipinski definition) is 1. The van der Waals surface area contributed by atoms with E-state index in [2.05, 4.69) is 5.32 Å². The number of rotatable bonds is 4. The van der Waals surface area contributed by atoms with Crippen molar-refractivity contribution in [1.29, 1.82) is 0 Å². The molecule has 0 saturated heterocycles. The number of nitrogens with one attached hydrogen (secondary N) is 1. The number of aryl methyl sites for hydroxylation is 3. The van der Waals surface area contributed by atoms with E-state index in [1.807, 2.05) is 45.0 Å². The second-order valence-electron chi connectivity index (χ2n) is 5.90. The highest BCUT2D eigenvalue weighted by molar-refractivity contribution is 6.31. The molecule has 2 aromatic rings. The largest absolute Gasteiger partial charge is 0.324 e. The smallest absolute Gasteiger partial charge is 0.244 e. The van der Waals surface area contributed by atoms with Gasteiger partial charge in [-0.25, -0.2) is 0 Å². The van der Waals surface area contributed by atoms with Gasteiger partial charge in [0.05, 0.1) is 0 Å². The van der Waals surface area contributed by atoms with Gasteiger partial charge >= 0.3 is 0 Å². The first-order chi connectivity index (χ1) is 11.3. The number of carbonyl (C=O) groups is 2. The maximum atomic E-state index is 12.4. The number of hydrogen-bond acceptors (Lipinski definition) is 2. The molecule has 0 bridgehead atoms. The predicted molar refractivity (Wildman–Crippen MR) is 98.8 cm³/mol. The van der Waals surface area contributed by atoms with Crippen molar-refractivity contribution < 1.29 is 9.59 Å². The number of anilines is 2. The predicted octanol–water partition coefficient (Wildman–Crippen LogP) is 4.26. The Kier molecular flexibility index (Phi) is 5.62. The number of carbonyl (C=O) groups excluding carboxylic acids is 2. The summed E-state index contributed by atoms with van der Waals surface area (Å²) in [5.74, 6) is -0.446. The topological polar surface area (TPSA) is 49.4 Å². The van der Waals surface area contributed by atoms with Crippen LogP contribution in [0.4, 0.5) is 11.4 Å². The Morgan fingerprint density at radius 3 is 2.38 bits per heavy atom. The lowest BCUT2D eigenvalue weighted by Gasteiger charge is -2.23. The first-order valence-corrected chi connectivity index (χ1v) is 8.07. The third kappa shape index (κ3) is 4.36. The molecule has 0 unspecified atom stereocenters. The van der Waals surface area contributed by atoms with Crippen molar-refractivity contribution >= 4 is 34.8 Å². The van der Waals surface area contributed by atoms with Gasteiger partial charge in [-0.15, -0.1) is 0 Å². The first-order valence-electron chi connectivity index (χ1n) is 7.69. The van der Waals surface area contributed by atoms with Crippen LogP contribution < -0.4 is 10.2 Å². The average molecular weight is 345 g/mol. The Bertz CT molecular complexity index is 787. The van der Waals surface area contributed by atoms with Crippen molar-refractivity contribution in [2.24, 2.45) is 0 Å². The van der Waals surface area contributed by atoms with Crippen molar-refractivity contribution in [3.63, 3.8) is 0 Å². The van der Waals surface area contributed by atoms with Crippen molar-refractivity contribution in [2.45, 2.75) is 27.7 Å². The first kappa shape index (κ1) is 18.0. The van der Waals surface area contributed by atoms with E-state index in [1.165, 1.54) is 11.8 Å². The Hall–Kier alpha value is -2.33. The van der Waals surface area contributed by atoms with Gasteiger partial charge in [-0.2, -0.15) is 0 Å². The molecule has 0 aliphatic heterocycles. The highest BCUT2D eigenvalue weighted by atomic mass is 35.5. The fourth-order valence-electron chi connectivity index (χ4n) is 2.44. The molecule has 0 saturated carbocycles. The van der Waals surface area contributed by atoms with E-state index in [-0.39, 0.29) is 18.4 Å². The van der Waals surface area contributed by atoms with Crippen LogP contribution in [0.1, 0.15) is 23.6 Å². The minimum atomic E-state index is -0.267. The van der Waals surface area contributed by atoms with Gasteiger partial charge in [-0.1, -0.05) is 29.8 Å². The fraction of sp³-hybridized carbons (Fsp3) is 0.263. The van der Waals surface area contributed by atoms with E-state index in [1.54, 1.807) is 12.1 Å². The third-order valence-corrected chi connectivity index (χ3v) is 4.05. The summed E-state index contributed by atoms with van der Waals surface area (Å²) in [5.41, 5.74) is 4.29. The van der Waals surface area contributed by atoms with Gasteiger partial charge in [0.2, 0.25) is 11.8 Å². The number of benzene rings is 2. The van der Waals surface area contributed by atoms with Crippen molar-refractivity contribution in [2.75, 3.05) is 16.8 Å². The van der Waals surface area contributed by atoms with E-state index < -0.39 is 0 Å². The average Bonchev–Trinajstić information content (AvgIpc) is 2.51. The SMILES string of the molecule is CC(=O)N(CC(=O)Nc1cc(Cl)ccc1C)c1cc(C)ccc1C. The lowest BCUT2D eigenvalue weighted by atomic mass is 10.1. The molecule has 0 aliphatic rings. The molecule has 0 radical (unpaired) electrons. The van der Waals surface area contributed by atoms with Crippen LogP contribution in [0.15, 0.2) is 36.4 Å². The molecule has 0 spiro atoms. The highest BCUT2D eigenvalue weighted by Crippen LogP contribution is 2.23. The standard InChI is InChI=1S/C19H21ClN2O2/c1-12-5-6-14(3)18(9-12)22(15(4)23)11-19(24)21-17-10-16(20)8-7-13(17)2/h5-10H,11H2,1-4H3,(H,21,24). The Labute approximate surface area is 147 Å². The minimum absolute atomic E-state index is 0.0500. The number of halogens is 1. The molecule has 0 aromatic heterocycles. The lowest BCUT2D eigenvalue weighted by molar-refractivity contribution is -0.120. The number of nitrogens with zero attached hydrogens (tertiary/aromatic N) is 1. The molecule has 2 rings (SSSR count). The van der Waals surface area contributed by atoms with E-state index in [4.69, 9.17) is 11.6 Å². The van der Waals surface area contributed by atoms with Gasteiger partial charge < -0.3 is 10.2 Å². The maximum absolute atomic E-state index is 12.4. The van der Waals surface area contributed by atoms with Gasteiger partial charge in [-0.3, -0.25) is 9.59 Å². The molecule has 0 aliphatic carbocycles. The minimum Gasteiger partial charge on any atom is -0.324 e. The fourth-order valence-corrected chi connectivity index (χ4v) is 2.61. The second-order valence-corrected chi connectivity index (χ2v) is 6.34. The Morgan fingerprint density at radius 2 is 1.71 bits per heavy atom. The van der Waals surface area contributed by atoms with Crippen molar-refractivity contribution in [3.8, 4) is 0 Å². The molecule has 4 nitrogen and oxygen atoms in total. The lowest BCUT2D eigenvalue weighted by Crippen LogP contribution is -2.37. The molecule has 24 heavy (non-hydrogen) atoms. The van der Waals surface area contributed by atoms with Gasteiger partial charge in [-0.05, 0) is 55.7 Å². The van der Waals surface area contributed by atoms with Gasteiger partial charge in [0.15, 0.2) is 0 Å². The zero-order chi connectivity index (χ0) is 17.9. The molecule has 126 valence electrons. The normalized spacial score (nSPS) is 10.4. The molecule has 0 atom stereocenters. The van der Waals surface area contributed by atoms with Crippen LogP contribution in [0.2, 0.25) is 5.02 Å². The third-order valence-electron chi connectivity index (χ3n) is 3.81. The van der Waals surface area contributed by atoms with Crippen molar-refractivity contribution in [3.05, 3.63) is 58.1 Å². The summed E-state index contributed by atoms with van der Waals surface area (Å²) < 4.78 is 0. The summed E-state index contributed by atoms with van der Waals surface area (Å²) in [5, 5.41) is 3.37. The van der Waals surface area contributed by atoms with E-state index >= 15 is 0 Å². The van der Waals surface area contributed by atoms with Crippen molar-refractivity contribution in [1.82, 2.24) is 0 Å². The molecule has 2 amide bonds. The van der Waals surface area contributed by atoms with Crippen LogP contribution in [0.3, 0.4) is 0 Å². The monoisotopic (exact) mass is 344 g/mol. The molecular formula is C19H21ClN2O2. The van der Waals surface area contributed by atoms with Crippen LogP contribution in [-0.4, -0.2) is 18.4 Å². The quantitative estimate of drug-likeness (QED) is 0.901. The molecule has 1 N–H and O–H groups in total. The zero-order valence-electron chi connectivity index (χ0n) is 14.3. The van der Waals surface area contributed by atoms with Gasteiger partial charge in [0, 0.05) is 23.3 Å². The summed E-state index contributed by atoms with van der Waals surface area (Å²) in [6, 6.07) is 11.1. The molecule has 0 fully saturated rings. The molecule has 0 heterocycles. The van der Waals surface area contributed by atoms with Crippen LogP contribution >= 0.6 is 11.6 Å². The van der Waals surface area contributed by atoms with Crippen LogP contribution in [0, 0.1) is 20.8 Å². The highest BCUT2D eigenvalue weighted by Gasteiger charge is 2.18. The van der Waals surface area contributed by atoms with Crippen LogP contribution in [-0.2, 0) is 9.59 Å². The molecule has 2 aromatic carbocycles. The van der Waals surface area contributed by atoms with Crippen LogP contribution in [0.25, 0.3) is 0 Å². The summed E-state index contributed by atoms with van der Waals surface area (Å²) in [4.78, 5) is 25.9. The summed E-state index contributed by atoms with van der Waals surface area (Å²) >= 11 is 5.97. The molecule has 5 heteroatoms. The molecular weight excluding hydrogens is 324 g/mol. The summed E-state index contributed by atoms with van der Waals surface area (Å²) in [6.45, 7) is 7.17. The van der Waals surface area contributed by atoms with Gasteiger partial charge in [0.25, 0.3) is 0 Å². The zero-order valence-corrected chi connectivity index (χ0v) is 15.1. The van der Waals surface area contributed by atoms with E-state index in [0.717, 1.165) is 22.4 Å². The number of amides is 2. The Morgan fingerprint density at radius 1 is 1.04 bits per heavy atom. The Balaban J connectivity index is 2.22. The van der Waals surface area contributed by atoms with Gasteiger partial charge in [0.1, 0.15) is 6.54 Å². The van der Waals surface area contributed by atoms with E-state index in [0.29, 0.717) is 10.7 Å². The second kappa shape index (κ2) is 7.49. The summed E-state index contributed by atoms with van der Waals surface area (Å²) in [7, 11) is 0. The summed E-state index contributed by atoms with van der Waals surface area (Å²) in [6.07, 6.45) is 0.